The molecule has 0 bridgehead atoms. The first kappa shape index (κ1) is 15.1. The van der Waals surface area contributed by atoms with E-state index in [9.17, 15) is 10.5 Å². The Morgan fingerprint density at radius 3 is 2.22 bits per heavy atom. The molecular formula is C18H12BrN3O. The molecular weight excluding hydrogens is 354 g/mol. The highest BCUT2D eigenvalue weighted by molar-refractivity contribution is 9.10. The molecule has 0 aliphatic carbocycles. The Hall–Kier alpha value is -2.76. The standard InChI is InChI=1S/C18H12BrN3O/c1-11-3-5-12(6-4-11)18-17(19)15-7-13(9-20)14(10-21)8-16(15)22(18)23-2/h3-8H,1-2H3. The summed E-state index contributed by atoms with van der Waals surface area (Å²) in [6.45, 7) is 2.03. The first-order valence-corrected chi connectivity index (χ1v) is 7.69. The number of nitriles is 2. The zero-order chi connectivity index (χ0) is 16.6. The van der Waals surface area contributed by atoms with Crippen LogP contribution in [0.25, 0.3) is 22.2 Å². The molecule has 5 heteroatoms. The second kappa shape index (κ2) is 5.79. The average molecular weight is 366 g/mol. The molecule has 0 radical (unpaired) electrons. The van der Waals surface area contributed by atoms with Gasteiger partial charge < -0.3 is 4.84 Å². The van der Waals surface area contributed by atoms with Gasteiger partial charge in [0.15, 0.2) is 0 Å². The minimum atomic E-state index is 0.332. The van der Waals surface area contributed by atoms with E-state index >= 15 is 0 Å². The Kier molecular flexibility index (Phi) is 3.82. The summed E-state index contributed by atoms with van der Waals surface area (Å²) in [7, 11) is 1.58. The van der Waals surface area contributed by atoms with Crippen LogP contribution in [0.15, 0.2) is 40.9 Å². The van der Waals surface area contributed by atoms with E-state index in [0.717, 1.165) is 26.6 Å². The zero-order valence-electron chi connectivity index (χ0n) is 12.6. The number of hydrogen-bond donors (Lipinski definition) is 0. The van der Waals surface area contributed by atoms with Crippen LogP contribution >= 0.6 is 15.9 Å². The number of nitrogens with zero attached hydrogens (tertiary/aromatic N) is 3. The Morgan fingerprint density at radius 2 is 1.65 bits per heavy atom. The number of aryl methyl sites for hydroxylation is 1. The van der Waals surface area contributed by atoms with Crippen LogP contribution in [0.5, 0.6) is 0 Å². The largest absolute Gasteiger partial charge is 0.416 e. The third-order valence-corrected chi connectivity index (χ3v) is 4.55. The molecule has 0 aliphatic heterocycles. The van der Waals surface area contributed by atoms with Crippen LogP contribution in [0, 0.1) is 29.6 Å². The number of rotatable bonds is 2. The Morgan fingerprint density at radius 1 is 1.04 bits per heavy atom. The van der Waals surface area contributed by atoms with Crippen molar-refractivity contribution in [3.05, 3.63) is 57.6 Å². The van der Waals surface area contributed by atoms with Gasteiger partial charge in [-0.3, -0.25) is 0 Å². The van der Waals surface area contributed by atoms with Gasteiger partial charge in [-0.1, -0.05) is 29.8 Å². The zero-order valence-corrected chi connectivity index (χ0v) is 14.2. The van der Waals surface area contributed by atoms with Gasteiger partial charge in [0, 0.05) is 10.9 Å². The van der Waals surface area contributed by atoms with E-state index in [0.29, 0.717) is 11.1 Å². The van der Waals surface area contributed by atoms with E-state index in [4.69, 9.17) is 4.84 Å². The number of fused-ring (bicyclic) bond motifs is 1. The summed E-state index contributed by atoms with van der Waals surface area (Å²) < 4.78 is 2.51. The predicted octanol–water partition coefficient (Wildman–Crippen LogP) is 4.18. The van der Waals surface area contributed by atoms with Crippen molar-refractivity contribution in [1.82, 2.24) is 4.73 Å². The molecule has 1 heterocycles. The molecule has 0 amide bonds. The molecule has 0 aliphatic rings. The van der Waals surface area contributed by atoms with E-state index in [1.165, 1.54) is 5.56 Å². The van der Waals surface area contributed by atoms with Crippen LogP contribution in [-0.2, 0) is 0 Å². The summed E-state index contributed by atoms with van der Waals surface area (Å²) >= 11 is 3.62. The summed E-state index contributed by atoms with van der Waals surface area (Å²) in [6, 6.07) is 15.6. The summed E-state index contributed by atoms with van der Waals surface area (Å²) in [5.41, 5.74) is 4.43. The summed E-state index contributed by atoms with van der Waals surface area (Å²) in [6.07, 6.45) is 0. The number of halogens is 1. The van der Waals surface area contributed by atoms with E-state index in [-0.39, 0.29) is 0 Å². The first-order chi connectivity index (χ1) is 11.1. The van der Waals surface area contributed by atoms with E-state index in [2.05, 4.69) is 28.1 Å². The van der Waals surface area contributed by atoms with Crippen LogP contribution in [0.1, 0.15) is 16.7 Å². The minimum absolute atomic E-state index is 0.332. The second-order valence-electron chi connectivity index (χ2n) is 5.14. The van der Waals surface area contributed by atoms with Crippen molar-refractivity contribution in [2.75, 3.05) is 7.11 Å². The maximum atomic E-state index is 9.23. The fourth-order valence-electron chi connectivity index (χ4n) is 2.60. The first-order valence-electron chi connectivity index (χ1n) is 6.90. The highest BCUT2D eigenvalue weighted by atomic mass is 79.9. The molecule has 1 aromatic heterocycles. The van der Waals surface area contributed by atoms with Gasteiger partial charge in [-0.25, -0.2) is 0 Å². The van der Waals surface area contributed by atoms with E-state index in [1.807, 2.05) is 31.2 Å². The maximum Gasteiger partial charge on any atom is 0.104 e. The summed E-state index contributed by atoms with van der Waals surface area (Å²) in [5, 5.41) is 19.3. The van der Waals surface area contributed by atoms with Crippen LogP contribution in [-0.4, -0.2) is 11.8 Å². The van der Waals surface area contributed by atoms with Gasteiger partial charge in [0.25, 0.3) is 0 Å². The van der Waals surface area contributed by atoms with E-state index in [1.54, 1.807) is 24.0 Å². The Labute approximate surface area is 142 Å². The molecule has 112 valence electrons. The molecule has 0 spiro atoms. The molecule has 3 aromatic rings. The lowest BCUT2D eigenvalue weighted by Crippen LogP contribution is -2.07. The fraction of sp³-hybridized carbons (Fsp3) is 0.111. The number of benzene rings is 2. The van der Waals surface area contributed by atoms with Gasteiger partial charge in [0.1, 0.15) is 24.9 Å². The summed E-state index contributed by atoms with van der Waals surface area (Å²) in [5.74, 6) is 0. The molecule has 4 nitrogen and oxygen atoms in total. The van der Waals surface area contributed by atoms with Gasteiger partial charge in [-0.15, -0.1) is 0 Å². The van der Waals surface area contributed by atoms with Gasteiger partial charge in [0.05, 0.1) is 21.1 Å². The lowest BCUT2D eigenvalue weighted by molar-refractivity contribution is 0.183. The van der Waals surface area contributed by atoms with Gasteiger partial charge in [-0.05, 0) is 35.0 Å². The number of hydrogen-bond acceptors (Lipinski definition) is 3. The molecule has 0 fully saturated rings. The van der Waals surface area contributed by atoms with Crippen LogP contribution in [0.3, 0.4) is 0 Å². The number of aromatic nitrogens is 1. The SMILES string of the molecule is COn1c(-c2ccc(C)cc2)c(Br)c2cc(C#N)c(C#N)cc21. The summed E-state index contributed by atoms with van der Waals surface area (Å²) in [4.78, 5) is 5.53. The van der Waals surface area contributed by atoms with Crippen LogP contribution in [0.4, 0.5) is 0 Å². The van der Waals surface area contributed by atoms with Crippen molar-refractivity contribution in [1.29, 1.82) is 10.5 Å². The smallest absolute Gasteiger partial charge is 0.104 e. The van der Waals surface area contributed by atoms with Crippen molar-refractivity contribution < 1.29 is 4.84 Å². The Balaban J connectivity index is 2.40. The van der Waals surface area contributed by atoms with Crippen molar-refractivity contribution in [3.63, 3.8) is 0 Å². The van der Waals surface area contributed by atoms with Crippen molar-refractivity contribution in [3.8, 4) is 23.4 Å². The van der Waals surface area contributed by atoms with Crippen LogP contribution < -0.4 is 4.84 Å². The van der Waals surface area contributed by atoms with Crippen LogP contribution in [0.2, 0.25) is 0 Å². The monoisotopic (exact) mass is 365 g/mol. The molecule has 23 heavy (non-hydrogen) atoms. The minimum Gasteiger partial charge on any atom is -0.416 e. The molecule has 3 rings (SSSR count). The Bertz CT molecular complexity index is 988. The van der Waals surface area contributed by atoms with E-state index < -0.39 is 0 Å². The van der Waals surface area contributed by atoms with Gasteiger partial charge in [-0.2, -0.15) is 15.3 Å². The maximum absolute atomic E-state index is 9.23. The predicted molar refractivity (Wildman–Crippen MR) is 91.7 cm³/mol. The van der Waals surface area contributed by atoms with Crippen molar-refractivity contribution in [2.24, 2.45) is 0 Å². The third kappa shape index (κ3) is 2.36. The highest BCUT2D eigenvalue weighted by Gasteiger charge is 2.20. The molecule has 0 N–H and O–H groups in total. The van der Waals surface area contributed by atoms with Gasteiger partial charge in [0.2, 0.25) is 0 Å². The molecule has 0 unspecified atom stereocenters. The normalized spacial score (nSPS) is 10.3. The average Bonchev–Trinajstić information content (AvgIpc) is 2.85. The third-order valence-electron chi connectivity index (χ3n) is 3.75. The molecule has 2 aromatic carbocycles. The second-order valence-corrected chi connectivity index (χ2v) is 5.94. The van der Waals surface area contributed by atoms with Crippen molar-refractivity contribution in [2.45, 2.75) is 6.92 Å². The van der Waals surface area contributed by atoms with Gasteiger partial charge >= 0.3 is 0 Å². The lowest BCUT2D eigenvalue weighted by atomic mass is 10.1. The molecule has 0 saturated carbocycles. The van der Waals surface area contributed by atoms with Crippen molar-refractivity contribution >= 4 is 26.8 Å². The fourth-order valence-corrected chi connectivity index (χ4v) is 3.31. The topological polar surface area (TPSA) is 61.7 Å². The quantitative estimate of drug-likeness (QED) is 0.684. The molecule has 0 saturated heterocycles. The lowest BCUT2D eigenvalue weighted by Gasteiger charge is -2.09. The highest BCUT2D eigenvalue weighted by Crippen LogP contribution is 2.38. The molecule has 0 atom stereocenters.